The van der Waals surface area contributed by atoms with Crippen molar-refractivity contribution in [3.8, 4) is 5.69 Å². The van der Waals surface area contributed by atoms with E-state index in [1.165, 1.54) is 12.4 Å². The molecule has 0 radical (unpaired) electrons. The predicted molar refractivity (Wildman–Crippen MR) is 49.1 cm³/mol. The van der Waals surface area contributed by atoms with Gasteiger partial charge in [0.25, 0.3) is 5.95 Å². The Labute approximate surface area is 79.7 Å². The van der Waals surface area contributed by atoms with Crippen molar-refractivity contribution in [2.24, 2.45) is 4.99 Å². The molecule has 0 unspecified atom stereocenters. The quantitative estimate of drug-likeness (QED) is 0.523. The molecule has 5 nitrogen and oxygen atoms in total. The molecule has 1 aromatic heterocycles. The molecule has 0 aliphatic carbocycles. The van der Waals surface area contributed by atoms with Gasteiger partial charge in [-0.05, 0) is 12.1 Å². The lowest BCUT2D eigenvalue weighted by Crippen LogP contribution is -1.90. The van der Waals surface area contributed by atoms with Crippen molar-refractivity contribution < 1.29 is 4.79 Å². The summed E-state index contributed by atoms with van der Waals surface area (Å²) in [4.78, 5) is 13.5. The van der Waals surface area contributed by atoms with Gasteiger partial charge < -0.3 is 0 Å². The number of hydrogen-bond donors (Lipinski definition) is 0. The van der Waals surface area contributed by atoms with E-state index in [4.69, 9.17) is 0 Å². The summed E-state index contributed by atoms with van der Waals surface area (Å²) in [6.07, 6.45) is 2.92. The van der Waals surface area contributed by atoms with Crippen LogP contribution in [0, 0.1) is 0 Å². The van der Waals surface area contributed by atoms with Crippen molar-refractivity contribution in [3.63, 3.8) is 0 Å². The van der Waals surface area contributed by atoms with Gasteiger partial charge in [-0.1, -0.05) is 18.2 Å². The van der Waals surface area contributed by atoms with Crippen molar-refractivity contribution in [1.82, 2.24) is 14.8 Å². The average Bonchev–Trinajstić information content (AvgIpc) is 2.68. The standard InChI is InChI=1S/C9H6N4O/c14-7-10-9-12-11-6-13(9)8-4-2-1-3-5-8/h1-6H. The van der Waals surface area contributed by atoms with Crippen LogP contribution < -0.4 is 0 Å². The van der Waals surface area contributed by atoms with Crippen LogP contribution in [0.25, 0.3) is 5.69 Å². The maximum absolute atomic E-state index is 10.1. The van der Waals surface area contributed by atoms with E-state index >= 15 is 0 Å². The second kappa shape index (κ2) is 3.64. The summed E-state index contributed by atoms with van der Waals surface area (Å²) < 4.78 is 1.60. The minimum absolute atomic E-state index is 0.228. The Morgan fingerprint density at radius 1 is 1.29 bits per heavy atom. The second-order valence-corrected chi connectivity index (χ2v) is 2.54. The third-order valence-corrected chi connectivity index (χ3v) is 1.71. The van der Waals surface area contributed by atoms with Gasteiger partial charge in [-0.3, -0.25) is 4.57 Å². The van der Waals surface area contributed by atoms with E-state index in [0.29, 0.717) is 0 Å². The Kier molecular flexibility index (Phi) is 2.17. The zero-order valence-corrected chi connectivity index (χ0v) is 7.16. The number of benzene rings is 1. The van der Waals surface area contributed by atoms with Crippen molar-refractivity contribution in [1.29, 1.82) is 0 Å². The number of para-hydroxylation sites is 1. The highest BCUT2D eigenvalue weighted by Crippen LogP contribution is 2.13. The van der Waals surface area contributed by atoms with Crippen molar-refractivity contribution in [2.75, 3.05) is 0 Å². The number of aliphatic imine (C=N–C) groups is 1. The van der Waals surface area contributed by atoms with Crippen LogP contribution in [0.2, 0.25) is 0 Å². The number of rotatable bonds is 2. The van der Waals surface area contributed by atoms with Gasteiger partial charge in [-0.2, -0.15) is 0 Å². The normalized spacial score (nSPS) is 9.43. The van der Waals surface area contributed by atoms with Crippen molar-refractivity contribution in [2.45, 2.75) is 0 Å². The first kappa shape index (κ1) is 8.34. The van der Waals surface area contributed by atoms with Gasteiger partial charge in [0.05, 0.1) is 5.69 Å². The number of carbonyl (C=O) groups excluding carboxylic acids is 1. The lowest BCUT2D eigenvalue weighted by molar-refractivity contribution is 0.565. The minimum atomic E-state index is 0.228. The molecule has 1 aromatic carbocycles. The molecule has 0 amide bonds. The smallest absolute Gasteiger partial charge is 0.266 e. The first-order chi connectivity index (χ1) is 6.92. The molecule has 0 spiro atoms. The number of aromatic nitrogens is 3. The molecular weight excluding hydrogens is 180 g/mol. The van der Waals surface area contributed by atoms with Crippen molar-refractivity contribution >= 4 is 12.0 Å². The fourth-order valence-corrected chi connectivity index (χ4v) is 1.12. The average molecular weight is 186 g/mol. The van der Waals surface area contributed by atoms with E-state index in [9.17, 15) is 4.79 Å². The zero-order chi connectivity index (χ0) is 9.80. The van der Waals surface area contributed by atoms with E-state index in [1.807, 2.05) is 30.3 Å². The molecule has 2 rings (SSSR count). The van der Waals surface area contributed by atoms with Crippen LogP contribution in [0.3, 0.4) is 0 Å². The van der Waals surface area contributed by atoms with Crippen LogP contribution in [-0.2, 0) is 4.79 Å². The van der Waals surface area contributed by atoms with Crippen LogP contribution >= 0.6 is 0 Å². The SMILES string of the molecule is O=C=Nc1nncn1-c1ccccc1. The lowest BCUT2D eigenvalue weighted by Gasteiger charge is -2.00. The molecule has 2 aromatic rings. The summed E-state index contributed by atoms with van der Waals surface area (Å²) in [5.41, 5.74) is 0.853. The highest BCUT2D eigenvalue weighted by Gasteiger charge is 2.03. The molecule has 0 bridgehead atoms. The minimum Gasteiger partial charge on any atom is -0.266 e. The molecular formula is C9H6N4O. The maximum atomic E-state index is 10.1. The highest BCUT2D eigenvalue weighted by atomic mass is 16.1. The van der Waals surface area contributed by atoms with Gasteiger partial charge in [-0.25, -0.2) is 4.79 Å². The summed E-state index contributed by atoms with van der Waals surface area (Å²) >= 11 is 0. The van der Waals surface area contributed by atoms with Gasteiger partial charge in [0.15, 0.2) is 0 Å². The van der Waals surface area contributed by atoms with E-state index < -0.39 is 0 Å². The van der Waals surface area contributed by atoms with Crippen LogP contribution in [0.5, 0.6) is 0 Å². The molecule has 5 heteroatoms. The summed E-state index contributed by atoms with van der Waals surface area (Å²) in [5, 5.41) is 7.32. The molecule has 14 heavy (non-hydrogen) atoms. The summed E-state index contributed by atoms with van der Waals surface area (Å²) in [6.45, 7) is 0. The molecule has 0 aliphatic rings. The summed E-state index contributed by atoms with van der Waals surface area (Å²) in [6, 6.07) is 9.39. The van der Waals surface area contributed by atoms with Crippen molar-refractivity contribution in [3.05, 3.63) is 36.7 Å². The summed E-state index contributed by atoms with van der Waals surface area (Å²) in [5.74, 6) is 0.228. The largest absolute Gasteiger partial charge is 0.266 e. The van der Waals surface area contributed by atoms with E-state index in [0.717, 1.165) is 5.69 Å². The predicted octanol–water partition coefficient (Wildman–Crippen LogP) is 1.23. The third-order valence-electron chi connectivity index (χ3n) is 1.71. The van der Waals surface area contributed by atoms with Crippen LogP contribution in [0.15, 0.2) is 41.7 Å². The third kappa shape index (κ3) is 1.44. The topological polar surface area (TPSA) is 60.1 Å². The molecule has 0 N–H and O–H groups in total. The zero-order valence-electron chi connectivity index (χ0n) is 7.16. The van der Waals surface area contributed by atoms with Gasteiger partial charge in [0, 0.05) is 0 Å². The molecule has 0 atom stereocenters. The number of hydrogen-bond acceptors (Lipinski definition) is 4. The molecule has 1 heterocycles. The van der Waals surface area contributed by atoms with Crippen LogP contribution in [0.1, 0.15) is 0 Å². The molecule has 0 fully saturated rings. The van der Waals surface area contributed by atoms with Gasteiger partial charge in [0.1, 0.15) is 6.33 Å². The Hall–Kier alpha value is -2.26. The first-order valence-corrected chi connectivity index (χ1v) is 3.95. The number of isocyanates is 1. The molecule has 0 saturated carbocycles. The summed E-state index contributed by atoms with van der Waals surface area (Å²) in [7, 11) is 0. The maximum Gasteiger partial charge on any atom is 0.266 e. The fraction of sp³-hybridized carbons (Fsp3) is 0. The molecule has 0 saturated heterocycles. The van der Waals surface area contributed by atoms with E-state index in [2.05, 4.69) is 15.2 Å². The van der Waals surface area contributed by atoms with E-state index in [-0.39, 0.29) is 5.95 Å². The van der Waals surface area contributed by atoms with Gasteiger partial charge in [-0.15, -0.1) is 15.2 Å². The molecule has 68 valence electrons. The van der Waals surface area contributed by atoms with Crippen LogP contribution in [0.4, 0.5) is 5.95 Å². The Balaban J connectivity index is 2.52. The number of nitrogens with zero attached hydrogens (tertiary/aromatic N) is 4. The monoisotopic (exact) mass is 186 g/mol. The second-order valence-electron chi connectivity index (χ2n) is 2.54. The Morgan fingerprint density at radius 3 is 2.79 bits per heavy atom. The first-order valence-electron chi connectivity index (χ1n) is 3.95. The van der Waals surface area contributed by atoms with E-state index in [1.54, 1.807) is 4.57 Å². The molecule has 0 aliphatic heterocycles. The highest BCUT2D eigenvalue weighted by molar-refractivity contribution is 5.45. The van der Waals surface area contributed by atoms with Gasteiger partial charge >= 0.3 is 0 Å². The lowest BCUT2D eigenvalue weighted by atomic mass is 10.3. The van der Waals surface area contributed by atoms with Crippen LogP contribution in [-0.4, -0.2) is 20.8 Å². The fourth-order valence-electron chi connectivity index (χ4n) is 1.12. The Bertz CT molecular complexity index is 471. The Morgan fingerprint density at radius 2 is 2.07 bits per heavy atom. The van der Waals surface area contributed by atoms with Gasteiger partial charge in [0.2, 0.25) is 6.08 Å².